The number of morpholine rings is 1. The Balaban J connectivity index is 1.33. The number of carbonyl (C=O) groups excluding carboxylic acids is 2. The van der Waals surface area contributed by atoms with Crippen molar-refractivity contribution in [2.75, 3.05) is 39.5 Å². The Labute approximate surface area is 171 Å². The molecule has 29 heavy (non-hydrogen) atoms. The Morgan fingerprint density at radius 3 is 2.66 bits per heavy atom. The number of amides is 2. The molecule has 3 heterocycles. The van der Waals surface area contributed by atoms with Crippen LogP contribution in [0.1, 0.15) is 25.7 Å². The van der Waals surface area contributed by atoms with Gasteiger partial charge >= 0.3 is 0 Å². The summed E-state index contributed by atoms with van der Waals surface area (Å²) >= 11 is 0. The van der Waals surface area contributed by atoms with Crippen molar-refractivity contribution in [3.63, 3.8) is 0 Å². The number of carbonyl (C=O) groups is 2. The molecule has 3 fully saturated rings. The molecule has 3 aliphatic rings. The Kier molecular flexibility index (Phi) is 6.63. The number of benzene rings is 1. The van der Waals surface area contributed by atoms with Crippen LogP contribution in [0.5, 0.6) is 5.75 Å². The Morgan fingerprint density at radius 1 is 1.07 bits per heavy atom. The molecular formula is C21H30N4O4. The number of para-hydroxylation sites is 1. The van der Waals surface area contributed by atoms with Gasteiger partial charge < -0.3 is 19.3 Å². The van der Waals surface area contributed by atoms with Crippen LogP contribution in [0.3, 0.4) is 0 Å². The lowest BCUT2D eigenvalue weighted by Crippen LogP contribution is -2.54. The number of likely N-dealkylation sites (tertiary alicyclic amines) is 1. The van der Waals surface area contributed by atoms with E-state index in [2.05, 4.69) is 10.9 Å². The summed E-state index contributed by atoms with van der Waals surface area (Å²) in [6.07, 6.45) is 3.72. The number of nitrogens with one attached hydrogen (secondary N) is 2. The lowest BCUT2D eigenvalue weighted by Gasteiger charge is -2.39. The van der Waals surface area contributed by atoms with Crippen molar-refractivity contribution in [2.45, 2.75) is 43.8 Å². The second kappa shape index (κ2) is 9.56. The van der Waals surface area contributed by atoms with Crippen molar-refractivity contribution in [3.8, 4) is 5.75 Å². The summed E-state index contributed by atoms with van der Waals surface area (Å²) in [4.78, 5) is 29.4. The third-order valence-electron chi connectivity index (χ3n) is 5.99. The third kappa shape index (κ3) is 4.88. The molecule has 2 N–H and O–H groups in total. The molecule has 158 valence electrons. The third-order valence-corrected chi connectivity index (χ3v) is 5.99. The van der Waals surface area contributed by atoms with Crippen LogP contribution in [0, 0.1) is 0 Å². The maximum Gasteiger partial charge on any atom is 0.260 e. The maximum atomic E-state index is 12.9. The van der Waals surface area contributed by atoms with Crippen molar-refractivity contribution in [1.29, 1.82) is 0 Å². The fourth-order valence-corrected chi connectivity index (χ4v) is 4.43. The van der Waals surface area contributed by atoms with E-state index in [9.17, 15) is 9.59 Å². The fraction of sp³-hybridized carbons (Fsp3) is 0.619. The van der Waals surface area contributed by atoms with Crippen molar-refractivity contribution in [2.24, 2.45) is 0 Å². The van der Waals surface area contributed by atoms with E-state index in [1.54, 1.807) is 0 Å². The highest BCUT2D eigenvalue weighted by atomic mass is 16.5. The molecule has 3 saturated heterocycles. The first-order chi connectivity index (χ1) is 14.2. The number of rotatable bonds is 5. The first-order valence-electron chi connectivity index (χ1n) is 10.6. The van der Waals surface area contributed by atoms with Gasteiger partial charge in [0, 0.05) is 31.7 Å². The molecule has 0 bridgehead atoms. The highest BCUT2D eigenvalue weighted by Crippen LogP contribution is 2.25. The average molecular weight is 402 g/mol. The quantitative estimate of drug-likeness (QED) is 0.748. The summed E-state index contributed by atoms with van der Waals surface area (Å²) in [7, 11) is 0. The minimum atomic E-state index is -0.252. The van der Waals surface area contributed by atoms with Crippen LogP contribution in [0.4, 0.5) is 0 Å². The van der Waals surface area contributed by atoms with Gasteiger partial charge in [0.2, 0.25) is 5.91 Å². The first-order valence-corrected chi connectivity index (χ1v) is 10.6. The summed E-state index contributed by atoms with van der Waals surface area (Å²) < 4.78 is 11.0. The van der Waals surface area contributed by atoms with Gasteiger partial charge in [-0.3, -0.25) is 15.0 Å². The van der Waals surface area contributed by atoms with Crippen LogP contribution in [-0.2, 0) is 14.3 Å². The van der Waals surface area contributed by atoms with Crippen LogP contribution in [0.15, 0.2) is 30.3 Å². The summed E-state index contributed by atoms with van der Waals surface area (Å²) in [6, 6.07) is 9.29. The number of ether oxygens (including phenoxy) is 2. The van der Waals surface area contributed by atoms with E-state index in [-0.39, 0.29) is 36.5 Å². The summed E-state index contributed by atoms with van der Waals surface area (Å²) in [5, 5.41) is 0. The van der Waals surface area contributed by atoms with Gasteiger partial charge in [-0.2, -0.15) is 0 Å². The molecule has 1 aromatic rings. The van der Waals surface area contributed by atoms with E-state index >= 15 is 0 Å². The molecule has 3 atom stereocenters. The number of nitrogens with zero attached hydrogens (tertiary/aromatic N) is 2. The van der Waals surface area contributed by atoms with E-state index in [1.807, 2.05) is 40.1 Å². The van der Waals surface area contributed by atoms with Crippen LogP contribution in [0.2, 0.25) is 0 Å². The van der Waals surface area contributed by atoms with E-state index < -0.39 is 0 Å². The Morgan fingerprint density at radius 2 is 1.86 bits per heavy atom. The minimum Gasteiger partial charge on any atom is -0.484 e. The van der Waals surface area contributed by atoms with Gasteiger partial charge in [0.15, 0.2) is 6.61 Å². The van der Waals surface area contributed by atoms with Crippen molar-refractivity contribution < 1.29 is 19.1 Å². The van der Waals surface area contributed by atoms with E-state index in [0.717, 1.165) is 25.8 Å². The molecule has 8 heteroatoms. The molecule has 2 amide bonds. The zero-order valence-corrected chi connectivity index (χ0v) is 16.7. The predicted molar refractivity (Wildman–Crippen MR) is 107 cm³/mol. The zero-order chi connectivity index (χ0) is 20.1. The minimum absolute atomic E-state index is 0.00306. The second-order valence-corrected chi connectivity index (χ2v) is 7.87. The van der Waals surface area contributed by atoms with Crippen molar-refractivity contribution >= 4 is 11.8 Å². The van der Waals surface area contributed by atoms with Gasteiger partial charge in [-0.05, 0) is 37.8 Å². The molecule has 0 saturated carbocycles. The zero-order valence-electron chi connectivity index (χ0n) is 16.7. The van der Waals surface area contributed by atoms with Crippen molar-refractivity contribution in [1.82, 2.24) is 20.7 Å². The molecule has 4 rings (SSSR count). The number of hydrazine groups is 1. The van der Waals surface area contributed by atoms with Gasteiger partial charge in [0.25, 0.3) is 5.91 Å². The molecule has 0 radical (unpaired) electrons. The van der Waals surface area contributed by atoms with Crippen LogP contribution < -0.4 is 15.6 Å². The highest BCUT2D eigenvalue weighted by Gasteiger charge is 2.40. The van der Waals surface area contributed by atoms with E-state index in [4.69, 9.17) is 9.47 Å². The summed E-state index contributed by atoms with van der Waals surface area (Å²) in [5.74, 6) is 0.818. The maximum absolute atomic E-state index is 12.9. The number of piperidine rings is 1. The highest BCUT2D eigenvalue weighted by molar-refractivity contribution is 5.82. The van der Waals surface area contributed by atoms with Gasteiger partial charge in [-0.15, -0.1) is 0 Å². The lowest BCUT2D eigenvalue weighted by atomic mass is 9.92. The van der Waals surface area contributed by atoms with Crippen LogP contribution >= 0.6 is 0 Å². The smallest absolute Gasteiger partial charge is 0.260 e. The van der Waals surface area contributed by atoms with Gasteiger partial charge in [-0.1, -0.05) is 18.2 Å². The Hall–Kier alpha value is -2.16. The molecule has 0 aromatic heterocycles. The lowest BCUT2D eigenvalue weighted by molar-refractivity contribution is -0.137. The summed E-state index contributed by atoms with van der Waals surface area (Å²) in [6.45, 7) is 3.26. The molecule has 3 aliphatic heterocycles. The summed E-state index contributed by atoms with van der Waals surface area (Å²) in [5.41, 5.74) is 6.46. The van der Waals surface area contributed by atoms with Gasteiger partial charge in [0.05, 0.1) is 13.2 Å². The van der Waals surface area contributed by atoms with Gasteiger partial charge in [-0.25, -0.2) is 5.43 Å². The SMILES string of the molecule is O=C(C1CC(C2CCCCN2C(=O)COc2ccccc2)NN1)N1CCOCC1. The van der Waals surface area contributed by atoms with E-state index in [1.165, 1.54) is 0 Å². The van der Waals surface area contributed by atoms with Crippen LogP contribution in [0.25, 0.3) is 0 Å². The molecular weight excluding hydrogens is 372 g/mol. The standard InChI is InChI=1S/C21H30N4O4/c26-20(15-29-16-6-2-1-3-7-16)25-9-5-4-8-19(25)17-14-18(23-22-17)21(27)24-10-12-28-13-11-24/h1-3,6-7,17-19,22-23H,4-5,8-15H2. The molecule has 3 unspecified atom stereocenters. The largest absolute Gasteiger partial charge is 0.484 e. The molecule has 0 aliphatic carbocycles. The molecule has 0 spiro atoms. The second-order valence-electron chi connectivity index (χ2n) is 7.87. The monoisotopic (exact) mass is 402 g/mol. The Bertz CT molecular complexity index is 695. The molecule has 1 aromatic carbocycles. The van der Waals surface area contributed by atoms with Gasteiger partial charge in [0.1, 0.15) is 11.8 Å². The predicted octanol–water partition coefficient (Wildman–Crippen LogP) is 0.540. The number of hydrogen-bond donors (Lipinski definition) is 2. The first kappa shape index (κ1) is 20.1. The molecule has 8 nitrogen and oxygen atoms in total. The van der Waals surface area contributed by atoms with E-state index in [0.29, 0.717) is 38.5 Å². The average Bonchev–Trinajstić information content (AvgIpc) is 3.28. The number of hydrogen-bond acceptors (Lipinski definition) is 6. The van der Waals surface area contributed by atoms with Crippen molar-refractivity contribution in [3.05, 3.63) is 30.3 Å². The topological polar surface area (TPSA) is 83.1 Å². The van der Waals surface area contributed by atoms with Crippen LogP contribution in [-0.4, -0.2) is 79.2 Å². The fourth-order valence-electron chi connectivity index (χ4n) is 4.43. The normalized spacial score (nSPS) is 27.7.